The van der Waals surface area contributed by atoms with Gasteiger partial charge in [-0.25, -0.2) is 0 Å². The Morgan fingerprint density at radius 3 is 1.95 bits per heavy atom. The van der Waals surface area contributed by atoms with E-state index in [9.17, 15) is 5.11 Å². The van der Waals surface area contributed by atoms with E-state index in [0.717, 1.165) is 18.7 Å². The van der Waals surface area contributed by atoms with Gasteiger partial charge in [0.2, 0.25) is 0 Å². The molecule has 3 heteroatoms. The normalized spacial score (nSPS) is 15.1. The minimum atomic E-state index is -0.689. The highest BCUT2D eigenvalue weighted by Crippen LogP contribution is 2.20. The van der Waals surface area contributed by atoms with Gasteiger partial charge in [0.15, 0.2) is 0 Å². The summed E-state index contributed by atoms with van der Waals surface area (Å²) in [5.41, 5.74) is 6.79. The summed E-state index contributed by atoms with van der Waals surface area (Å²) >= 11 is 0. The van der Waals surface area contributed by atoms with E-state index in [1.165, 1.54) is 0 Å². The van der Waals surface area contributed by atoms with E-state index in [1.807, 2.05) is 30.3 Å². The zero-order valence-corrected chi connectivity index (χ0v) is 13.3. The molecule has 20 heavy (non-hydrogen) atoms. The van der Waals surface area contributed by atoms with Gasteiger partial charge in [-0.1, -0.05) is 58.0 Å². The van der Waals surface area contributed by atoms with Crippen LogP contribution in [0.4, 0.5) is 0 Å². The number of benzene rings is 1. The Kier molecular flexibility index (Phi) is 6.66. The van der Waals surface area contributed by atoms with Gasteiger partial charge in [0.1, 0.15) is 0 Å². The first-order chi connectivity index (χ1) is 9.37. The second-order valence-corrected chi connectivity index (χ2v) is 6.66. The molecule has 0 fully saturated rings. The maximum absolute atomic E-state index is 9.80. The van der Waals surface area contributed by atoms with Crippen LogP contribution in [0.5, 0.6) is 0 Å². The Balaban J connectivity index is 2.86. The molecule has 1 atom stereocenters. The van der Waals surface area contributed by atoms with Crippen molar-refractivity contribution in [3.8, 4) is 0 Å². The van der Waals surface area contributed by atoms with Crippen LogP contribution in [-0.4, -0.2) is 36.2 Å². The predicted molar refractivity (Wildman–Crippen MR) is 85.5 cm³/mol. The molecule has 0 aliphatic heterocycles. The lowest BCUT2D eigenvalue weighted by atomic mass is 9.90. The van der Waals surface area contributed by atoms with Crippen LogP contribution in [0.2, 0.25) is 0 Å². The Morgan fingerprint density at radius 1 is 1.05 bits per heavy atom. The van der Waals surface area contributed by atoms with Crippen LogP contribution in [0.1, 0.15) is 33.3 Å². The molecule has 0 aliphatic rings. The van der Waals surface area contributed by atoms with Gasteiger partial charge in [-0.2, -0.15) is 0 Å². The van der Waals surface area contributed by atoms with Gasteiger partial charge in [0.25, 0.3) is 0 Å². The van der Waals surface area contributed by atoms with E-state index in [-0.39, 0.29) is 6.61 Å². The SMILES string of the molecule is CC(C)CN(CC(C)C)CC(N)(CO)c1ccccc1. The smallest absolute Gasteiger partial charge is 0.0772 e. The molecule has 1 unspecified atom stereocenters. The van der Waals surface area contributed by atoms with E-state index in [4.69, 9.17) is 5.73 Å². The van der Waals surface area contributed by atoms with E-state index in [2.05, 4.69) is 32.6 Å². The van der Waals surface area contributed by atoms with Crippen molar-refractivity contribution in [1.29, 1.82) is 0 Å². The predicted octanol–water partition coefficient (Wildman–Crippen LogP) is 2.45. The maximum atomic E-state index is 9.80. The lowest BCUT2D eigenvalue weighted by Crippen LogP contribution is -2.51. The summed E-state index contributed by atoms with van der Waals surface area (Å²) in [7, 11) is 0. The van der Waals surface area contributed by atoms with Gasteiger partial charge in [-0.15, -0.1) is 0 Å². The topological polar surface area (TPSA) is 49.5 Å². The number of rotatable bonds is 8. The molecule has 0 heterocycles. The standard InChI is InChI=1S/C17H30N2O/c1-14(2)10-19(11-15(3)4)12-17(18,13-20)16-8-6-5-7-9-16/h5-9,14-15,20H,10-13,18H2,1-4H3. The van der Waals surface area contributed by atoms with Crippen LogP contribution < -0.4 is 5.73 Å². The molecule has 114 valence electrons. The lowest BCUT2D eigenvalue weighted by Gasteiger charge is -2.36. The van der Waals surface area contributed by atoms with E-state index >= 15 is 0 Å². The zero-order valence-electron chi connectivity index (χ0n) is 13.3. The quantitative estimate of drug-likeness (QED) is 0.768. The van der Waals surface area contributed by atoms with Crippen molar-refractivity contribution >= 4 is 0 Å². The van der Waals surface area contributed by atoms with Crippen LogP contribution >= 0.6 is 0 Å². The van der Waals surface area contributed by atoms with Gasteiger partial charge in [-0.05, 0) is 17.4 Å². The first kappa shape index (κ1) is 17.2. The summed E-state index contributed by atoms with van der Waals surface area (Å²) < 4.78 is 0. The average molecular weight is 278 g/mol. The van der Waals surface area contributed by atoms with E-state index in [0.29, 0.717) is 18.4 Å². The summed E-state index contributed by atoms with van der Waals surface area (Å²) in [5, 5.41) is 9.80. The zero-order chi connectivity index (χ0) is 15.2. The fraction of sp³-hybridized carbons (Fsp3) is 0.647. The minimum absolute atomic E-state index is 0.0380. The first-order valence-electron chi connectivity index (χ1n) is 7.55. The first-order valence-corrected chi connectivity index (χ1v) is 7.55. The monoisotopic (exact) mass is 278 g/mol. The lowest BCUT2D eigenvalue weighted by molar-refractivity contribution is 0.119. The van der Waals surface area contributed by atoms with Crippen molar-refractivity contribution in [2.75, 3.05) is 26.2 Å². The summed E-state index contributed by atoms with van der Waals surface area (Å²) in [5.74, 6) is 1.18. The van der Waals surface area contributed by atoms with Crippen molar-refractivity contribution < 1.29 is 5.11 Å². The molecule has 3 N–H and O–H groups in total. The molecule has 0 saturated heterocycles. The Bertz CT molecular complexity index is 368. The molecular formula is C17H30N2O. The largest absolute Gasteiger partial charge is 0.394 e. The Morgan fingerprint density at radius 2 is 1.55 bits per heavy atom. The van der Waals surface area contributed by atoms with Crippen molar-refractivity contribution in [1.82, 2.24) is 4.90 Å². The highest BCUT2D eigenvalue weighted by molar-refractivity contribution is 5.24. The number of nitrogens with two attached hydrogens (primary N) is 1. The fourth-order valence-corrected chi connectivity index (χ4v) is 2.64. The van der Waals surface area contributed by atoms with Crippen LogP contribution in [0, 0.1) is 11.8 Å². The number of nitrogens with zero attached hydrogens (tertiary/aromatic N) is 1. The second kappa shape index (κ2) is 7.77. The molecular weight excluding hydrogens is 248 g/mol. The Labute approximate surface area is 123 Å². The summed E-state index contributed by atoms with van der Waals surface area (Å²) in [6.45, 7) is 11.5. The van der Waals surface area contributed by atoms with Crippen molar-refractivity contribution in [2.24, 2.45) is 17.6 Å². The number of hydrogen-bond donors (Lipinski definition) is 2. The summed E-state index contributed by atoms with van der Waals surface area (Å²) in [4.78, 5) is 2.37. The van der Waals surface area contributed by atoms with Gasteiger partial charge in [0.05, 0.1) is 12.1 Å². The van der Waals surface area contributed by atoms with Crippen LogP contribution in [-0.2, 0) is 5.54 Å². The highest BCUT2D eigenvalue weighted by atomic mass is 16.3. The number of aliphatic hydroxyl groups is 1. The molecule has 0 radical (unpaired) electrons. The average Bonchev–Trinajstić information content (AvgIpc) is 2.38. The highest BCUT2D eigenvalue weighted by Gasteiger charge is 2.29. The van der Waals surface area contributed by atoms with Gasteiger partial charge in [0, 0.05) is 19.6 Å². The molecule has 3 nitrogen and oxygen atoms in total. The van der Waals surface area contributed by atoms with Crippen LogP contribution in [0.3, 0.4) is 0 Å². The summed E-state index contributed by atoms with van der Waals surface area (Å²) in [6, 6.07) is 9.92. The molecule has 1 aromatic carbocycles. The van der Waals surface area contributed by atoms with Crippen molar-refractivity contribution in [2.45, 2.75) is 33.2 Å². The van der Waals surface area contributed by atoms with Gasteiger partial charge in [-0.3, -0.25) is 0 Å². The Hall–Kier alpha value is -0.900. The number of aliphatic hydroxyl groups excluding tert-OH is 1. The van der Waals surface area contributed by atoms with Gasteiger partial charge < -0.3 is 15.7 Å². The molecule has 0 bridgehead atoms. The van der Waals surface area contributed by atoms with Crippen molar-refractivity contribution in [3.05, 3.63) is 35.9 Å². The molecule has 0 amide bonds. The van der Waals surface area contributed by atoms with Crippen LogP contribution in [0.25, 0.3) is 0 Å². The van der Waals surface area contributed by atoms with Crippen LogP contribution in [0.15, 0.2) is 30.3 Å². The third-order valence-electron chi connectivity index (χ3n) is 3.38. The van der Waals surface area contributed by atoms with E-state index in [1.54, 1.807) is 0 Å². The summed E-state index contributed by atoms with van der Waals surface area (Å²) in [6.07, 6.45) is 0. The molecule has 0 aromatic heterocycles. The third kappa shape index (κ3) is 5.23. The maximum Gasteiger partial charge on any atom is 0.0772 e. The van der Waals surface area contributed by atoms with E-state index < -0.39 is 5.54 Å². The fourth-order valence-electron chi connectivity index (χ4n) is 2.64. The molecule has 0 spiro atoms. The number of hydrogen-bond acceptors (Lipinski definition) is 3. The molecule has 0 aliphatic carbocycles. The minimum Gasteiger partial charge on any atom is -0.394 e. The third-order valence-corrected chi connectivity index (χ3v) is 3.38. The van der Waals surface area contributed by atoms with Crippen molar-refractivity contribution in [3.63, 3.8) is 0 Å². The molecule has 1 rings (SSSR count). The van der Waals surface area contributed by atoms with Gasteiger partial charge >= 0.3 is 0 Å². The molecule has 0 saturated carbocycles. The second-order valence-electron chi connectivity index (χ2n) is 6.66. The molecule has 1 aromatic rings.